The van der Waals surface area contributed by atoms with Gasteiger partial charge in [0.05, 0.1) is 12.7 Å². The fourth-order valence-electron chi connectivity index (χ4n) is 3.03. The molecule has 1 fully saturated rings. The molecule has 1 aliphatic rings. The van der Waals surface area contributed by atoms with Crippen LogP contribution in [0.2, 0.25) is 0 Å². The number of nitrogens with zero attached hydrogens (tertiary/aromatic N) is 4. The zero-order valence-electron chi connectivity index (χ0n) is 13.4. The van der Waals surface area contributed by atoms with Crippen molar-refractivity contribution in [2.24, 2.45) is 11.7 Å². The van der Waals surface area contributed by atoms with Crippen molar-refractivity contribution in [3.8, 4) is 0 Å². The van der Waals surface area contributed by atoms with Gasteiger partial charge in [-0.2, -0.15) is 0 Å². The van der Waals surface area contributed by atoms with Crippen LogP contribution in [-0.2, 0) is 6.54 Å². The molecule has 23 heavy (non-hydrogen) atoms. The average molecular weight is 313 g/mol. The lowest BCUT2D eigenvalue weighted by molar-refractivity contribution is 0.0675. The van der Waals surface area contributed by atoms with Crippen molar-refractivity contribution in [2.75, 3.05) is 13.1 Å². The lowest BCUT2D eigenvalue weighted by Gasteiger charge is -2.33. The molecule has 1 unspecified atom stereocenters. The van der Waals surface area contributed by atoms with E-state index in [-0.39, 0.29) is 11.9 Å². The number of amides is 1. The van der Waals surface area contributed by atoms with E-state index in [0.717, 1.165) is 31.5 Å². The first-order valence-electron chi connectivity index (χ1n) is 8.12. The standard InChI is InChI=1S/C17H23N5O/c1-13(18)15-7-9-21(10-8-15)17(23)16-12-22(20-19-16)11-14-5-3-2-4-6-14/h2-6,12-13,15H,7-11,18H2,1H3. The van der Waals surface area contributed by atoms with E-state index in [1.165, 1.54) is 0 Å². The van der Waals surface area contributed by atoms with Crippen LogP contribution < -0.4 is 5.73 Å². The summed E-state index contributed by atoms with van der Waals surface area (Å²) in [5, 5.41) is 8.11. The summed E-state index contributed by atoms with van der Waals surface area (Å²) in [7, 11) is 0. The molecule has 2 heterocycles. The Morgan fingerprint density at radius 2 is 2.00 bits per heavy atom. The number of carbonyl (C=O) groups is 1. The van der Waals surface area contributed by atoms with Gasteiger partial charge in [-0.3, -0.25) is 4.79 Å². The minimum Gasteiger partial charge on any atom is -0.337 e. The predicted octanol–water partition coefficient (Wildman–Crippen LogP) is 1.53. The highest BCUT2D eigenvalue weighted by Gasteiger charge is 2.26. The van der Waals surface area contributed by atoms with Crippen LogP contribution in [0.25, 0.3) is 0 Å². The maximum Gasteiger partial charge on any atom is 0.276 e. The summed E-state index contributed by atoms with van der Waals surface area (Å²) in [6, 6.07) is 10.2. The summed E-state index contributed by atoms with van der Waals surface area (Å²) in [6.07, 6.45) is 3.65. The topological polar surface area (TPSA) is 77.0 Å². The summed E-state index contributed by atoms with van der Waals surface area (Å²) in [5.74, 6) is 0.472. The van der Waals surface area contributed by atoms with E-state index in [4.69, 9.17) is 5.73 Å². The maximum absolute atomic E-state index is 12.5. The molecule has 0 spiro atoms. The smallest absolute Gasteiger partial charge is 0.276 e. The molecule has 0 radical (unpaired) electrons. The second kappa shape index (κ2) is 6.91. The van der Waals surface area contributed by atoms with Gasteiger partial charge >= 0.3 is 0 Å². The van der Waals surface area contributed by atoms with Gasteiger partial charge in [0, 0.05) is 19.1 Å². The Morgan fingerprint density at radius 1 is 1.30 bits per heavy atom. The third kappa shape index (κ3) is 3.76. The zero-order chi connectivity index (χ0) is 16.2. The van der Waals surface area contributed by atoms with Crippen molar-refractivity contribution < 1.29 is 4.79 Å². The van der Waals surface area contributed by atoms with Crippen LogP contribution in [0.1, 0.15) is 35.8 Å². The van der Waals surface area contributed by atoms with E-state index in [2.05, 4.69) is 10.3 Å². The van der Waals surface area contributed by atoms with Crippen LogP contribution in [0.3, 0.4) is 0 Å². The van der Waals surface area contributed by atoms with E-state index in [0.29, 0.717) is 18.2 Å². The summed E-state index contributed by atoms with van der Waals surface area (Å²) < 4.78 is 1.71. The van der Waals surface area contributed by atoms with Crippen LogP contribution >= 0.6 is 0 Å². The van der Waals surface area contributed by atoms with E-state index >= 15 is 0 Å². The van der Waals surface area contributed by atoms with Gasteiger partial charge in [0.15, 0.2) is 5.69 Å². The fourth-order valence-corrected chi connectivity index (χ4v) is 3.03. The number of carbonyl (C=O) groups excluding carboxylic acids is 1. The second-order valence-electron chi connectivity index (χ2n) is 6.28. The van der Waals surface area contributed by atoms with Gasteiger partial charge in [0.25, 0.3) is 5.91 Å². The van der Waals surface area contributed by atoms with Gasteiger partial charge in [-0.25, -0.2) is 4.68 Å². The third-order valence-electron chi connectivity index (χ3n) is 4.52. The summed E-state index contributed by atoms with van der Waals surface area (Å²) in [5.41, 5.74) is 7.50. The Kier molecular flexibility index (Phi) is 4.71. The predicted molar refractivity (Wildman–Crippen MR) is 87.8 cm³/mol. The Balaban J connectivity index is 1.61. The van der Waals surface area contributed by atoms with Crippen LogP contribution in [0.5, 0.6) is 0 Å². The number of hydrogen-bond acceptors (Lipinski definition) is 4. The highest BCUT2D eigenvalue weighted by molar-refractivity contribution is 5.92. The Labute approximate surface area is 136 Å². The molecule has 1 atom stereocenters. The highest BCUT2D eigenvalue weighted by Crippen LogP contribution is 2.20. The van der Waals surface area contributed by atoms with Crippen molar-refractivity contribution in [2.45, 2.75) is 32.4 Å². The van der Waals surface area contributed by atoms with Crippen molar-refractivity contribution in [1.82, 2.24) is 19.9 Å². The first-order chi connectivity index (χ1) is 11.1. The monoisotopic (exact) mass is 313 g/mol. The second-order valence-corrected chi connectivity index (χ2v) is 6.28. The molecule has 6 heteroatoms. The van der Waals surface area contributed by atoms with Gasteiger partial charge in [0.2, 0.25) is 0 Å². The molecule has 122 valence electrons. The van der Waals surface area contributed by atoms with Gasteiger partial charge in [-0.1, -0.05) is 35.5 Å². The molecule has 0 aliphatic carbocycles. The summed E-state index contributed by atoms with van der Waals surface area (Å²) in [6.45, 7) is 4.15. The molecule has 1 aliphatic heterocycles. The van der Waals surface area contributed by atoms with Crippen LogP contribution in [-0.4, -0.2) is 44.9 Å². The number of piperidine rings is 1. The van der Waals surface area contributed by atoms with E-state index in [9.17, 15) is 4.79 Å². The van der Waals surface area contributed by atoms with Crippen molar-refractivity contribution >= 4 is 5.91 Å². The quantitative estimate of drug-likeness (QED) is 0.928. The molecular formula is C17H23N5O. The largest absolute Gasteiger partial charge is 0.337 e. The molecule has 2 N–H and O–H groups in total. The van der Waals surface area contributed by atoms with Gasteiger partial charge in [-0.05, 0) is 31.2 Å². The van der Waals surface area contributed by atoms with E-state index < -0.39 is 0 Å². The van der Waals surface area contributed by atoms with Gasteiger partial charge in [-0.15, -0.1) is 5.10 Å². The molecular weight excluding hydrogens is 290 g/mol. The summed E-state index contributed by atoms with van der Waals surface area (Å²) in [4.78, 5) is 14.4. The summed E-state index contributed by atoms with van der Waals surface area (Å²) >= 11 is 0. The Morgan fingerprint density at radius 3 is 2.65 bits per heavy atom. The Bertz CT molecular complexity index is 644. The first kappa shape index (κ1) is 15.7. The van der Waals surface area contributed by atoms with Crippen LogP contribution in [0, 0.1) is 5.92 Å². The normalized spacial score (nSPS) is 17.2. The highest BCUT2D eigenvalue weighted by atomic mass is 16.2. The Hall–Kier alpha value is -2.21. The fraction of sp³-hybridized carbons (Fsp3) is 0.471. The van der Waals surface area contributed by atoms with Crippen LogP contribution in [0.4, 0.5) is 0 Å². The minimum atomic E-state index is -0.0348. The molecule has 0 saturated carbocycles. The number of likely N-dealkylation sites (tertiary alicyclic amines) is 1. The molecule has 1 aromatic heterocycles. The molecule has 6 nitrogen and oxygen atoms in total. The van der Waals surface area contributed by atoms with E-state index in [1.54, 1.807) is 10.9 Å². The van der Waals surface area contributed by atoms with E-state index in [1.807, 2.05) is 42.2 Å². The molecule has 1 saturated heterocycles. The average Bonchev–Trinajstić information content (AvgIpc) is 3.03. The molecule has 1 aromatic carbocycles. The van der Waals surface area contributed by atoms with Crippen LogP contribution in [0.15, 0.2) is 36.5 Å². The van der Waals surface area contributed by atoms with Gasteiger partial charge < -0.3 is 10.6 Å². The third-order valence-corrected chi connectivity index (χ3v) is 4.52. The number of rotatable bonds is 4. The lowest BCUT2D eigenvalue weighted by atomic mass is 9.91. The molecule has 1 amide bonds. The zero-order valence-corrected chi connectivity index (χ0v) is 13.4. The maximum atomic E-state index is 12.5. The van der Waals surface area contributed by atoms with Crippen molar-refractivity contribution in [3.05, 3.63) is 47.8 Å². The van der Waals surface area contributed by atoms with Crippen molar-refractivity contribution in [3.63, 3.8) is 0 Å². The number of benzene rings is 1. The van der Waals surface area contributed by atoms with Gasteiger partial charge in [0.1, 0.15) is 0 Å². The molecule has 3 rings (SSSR count). The number of nitrogens with two attached hydrogens (primary N) is 1. The first-order valence-corrected chi connectivity index (χ1v) is 8.12. The minimum absolute atomic E-state index is 0.0348. The number of hydrogen-bond donors (Lipinski definition) is 1. The molecule has 0 bridgehead atoms. The SMILES string of the molecule is CC(N)C1CCN(C(=O)c2cn(Cc3ccccc3)nn2)CC1. The number of aromatic nitrogens is 3. The van der Waals surface area contributed by atoms with Crippen molar-refractivity contribution in [1.29, 1.82) is 0 Å². The lowest BCUT2D eigenvalue weighted by Crippen LogP contribution is -2.42. The molecule has 2 aromatic rings.